The van der Waals surface area contributed by atoms with Crippen LogP contribution in [-0.2, 0) is 6.18 Å². The van der Waals surface area contributed by atoms with Gasteiger partial charge in [0.15, 0.2) is 11.4 Å². The molecule has 0 unspecified atom stereocenters. The molecule has 16 heavy (non-hydrogen) atoms. The maximum atomic E-state index is 12.5. The minimum atomic E-state index is -4.50. The average molecular weight is 229 g/mol. The summed E-state index contributed by atoms with van der Waals surface area (Å²) in [6.07, 6.45) is -2.53. The number of carbonyl (C=O) groups excluding carboxylic acids is 1. The number of rotatable bonds is 1. The van der Waals surface area contributed by atoms with Gasteiger partial charge in [0.1, 0.15) is 6.33 Å². The molecule has 2 heterocycles. The van der Waals surface area contributed by atoms with Gasteiger partial charge < -0.3 is 0 Å². The molecule has 2 rings (SSSR count). The number of pyridine rings is 1. The van der Waals surface area contributed by atoms with Gasteiger partial charge in [0.25, 0.3) is 0 Å². The van der Waals surface area contributed by atoms with Crippen LogP contribution in [0.4, 0.5) is 13.2 Å². The van der Waals surface area contributed by atoms with Crippen molar-refractivity contribution < 1.29 is 18.0 Å². The van der Waals surface area contributed by atoms with Gasteiger partial charge in [-0.05, 0) is 13.0 Å². The van der Waals surface area contributed by atoms with E-state index in [-0.39, 0.29) is 11.2 Å². The Balaban J connectivity index is 2.76. The number of alkyl halides is 3. The Morgan fingerprint density at radius 1 is 1.44 bits per heavy atom. The van der Waals surface area contributed by atoms with Gasteiger partial charge in [0.2, 0.25) is 0 Å². The number of fused-ring (bicyclic) bond motifs is 1. The molecule has 0 aliphatic rings. The zero-order valence-corrected chi connectivity index (χ0v) is 8.12. The predicted octanol–water partition coefficient (Wildman–Crippen LogP) is 1.95. The molecule has 4 nitrogen and oxygen atoms in total. The lowest BCUT2D eigenvalue weighted by Crippen LogP contribution is -2.09. The van der Waals surface area contributed by atoms with E-state index in [9.17, 15) is 18.0 Å². The highest BCUT2D eigenvalue weighted by Crippen LogP contribution is 2.30. The Morgan fingerprint density at radius 2 is 2.12 bits per heavy atom. The Hall–Kier alpha value is -1.92. The average Bonchev–Trinajstić information content (AvgIpc) is 2.61. The number of carbonyl (C=O) groups is 1. The molecule has 0 aromatic carbocycles. The summed E-state index contributed by atoms with van der Waals surface area (Å²) in [5, 5.41) is 7.05. The predicted molar refractivity (Wildman–Crippen MR) is 48.0 cm³/mol. The zero-order valence-electron chi connectivity index (χ0n) is 8.12. The largest absolute Gasteiger partial charge is 0.417 e. The van der Waals surface area contributed by atoms with Gasteiger partial charge in [-0.15, -0.1) is 10.2 Å². The van der Waals surface area contributed by atoms with Crippen molar-refractivity contribution in [3.8, 4) is 0 Å². The molecular formula is C9H6F3N3O. The van der Waals surface area contributed by atoms with E-state index >= 15 is 0 Å². The fraction of sp³-hybridized carbons (Fsp3) is 0.222. The van der Waals surface area contributed by atoms with Gasteiger partial charge in [0.05, 0.1) is 11.1 Å². The van der Waals surface area contributed by atoms with Crippen LogP contribution in [-0.4, -0.2) is 20.4 Å². The first kappa shape index (κ1) is 10.6. The van der Waals surface area contributed by atoms with Crippen molar-refractivity contribution in [1.29, 1.82) is 0 Å². The van der Waals surface area contributed by atoms with Crippen LogP contribution in [0.2, 0.25) is 0 Å². The SMILES string of the molecule is CC(=O)c1cc(C(F)(F)F)cn2cnnc12. The lowest BCUT2D eigenvalue weighted by atomic mass is 10.1. The molecule has 0 fully saturated rings. The summed E-state index contributed by atoms with van der Waals surface area (Å²) in [5.41, 5.74) is -0.863. The van der Waals surface area contributed by atoms with Crippen molar-refractivity contribution in [2.45, 2.75) is 13.1 Å². The summed E-state index contributed by atoms with van der Waals surface area (Å²) in [6, 6.07) is 0.784. The summed E-state index contributed by atoms with van der Waals surface area (Å²) in [4.78, 5) is 11.2. The van der Waals surface area contributed by atoms with E-state index in [1.54, 1.807) is 0 Å². The van der Waals surface area contributed by atoms with E-state index in [1.807, 2.05) is 0 Å². The monoisotopic (exact) mass is 229 g/mol. The Labute approximate surface area is 87.7 Å². The maximum absolute atomic E-state index is 12.5. The number of ketones is 1. The summed E-state index contributed by atoms with van der Waals surface area (Å²) in [5.74, 6) is -0.482. The quantitative estimate of drug-likeness (QED) is 0.702. The van der Waals surface area contributed by atoms with Crippen LogP contribution in [0.5, 0.6) is 0 Å². The van der Waals surface area contributed by atoms with Crippen molar-refractivity contribution in [2.24, 2.45) is 0 Å². The lowest BCUT2D eigenvalue weighted by molar-refractivity contribution is -0.137. The van der Waals surface area contributed by atoms with E-state index in [0.29, 0.717) is 0 Å². The van der Waals surface area contributed by atoms with Crippen LogP contribution in [0.15, 0.2) is 18.6 Å². The third-order valence-corrected chi connectivity index (χ3v) is 2.10. The number of aromatic nitrogens is 3. The van der Waals surface area contributed by atoms with E-state index in [2.05, 4.69) is 10.2 Å². The molecule has 0 bridgehead atoms. The van der Waals surface area contributed by atoms with Crippen LogP contribution in [0.3, 0.4) is 0 Å². The number of nitrogens with zero attached hydrogens (tertiary/aromatic N) is 3. The van der Waals surface area contributed by atoms with E-state index in [4.69, 9.17) is 0 Å². The van der Waals surface area contributed by atoms with Crippen LogP contribution >= 0.6 is 0 Å². The number of halogens is 3. The topological polar surface area (TPSA) is 47.3 Å². The Bertz CT molecular complexity index is 559. The second-order valence-corrected chi connectivity index (χ2v) is 3.26. The van der Waals surface area contributed by atoms with E-state index < -0.39 is 17.5 Å². The van der Waals surface area contributed by atoms with Gasteiger partial charge in [-0.3, -0.25) is 9.20 Å². The fourth-order valence-corrected chi connectivity index (χ4v) is 1.35. The molecule has 7 heteroatoms. The highest BCUT2D eigenvalue weighted by atomic mass is 19.4. The van der Waals surface area contributed by atoms with Crippen molar-refractivity contribution in [2.75, 3.05) is 0 Å². The third kappa shape index (κ3) is 1.64. The fourth-order valence-electron chi connectivity index (χ4n) is 1.35. The first-order chi connectivity index (χ1) is 7.39. The number of hydrogen-bond donors (Lipinski definition) is 0. The van der Waals surface area contributed by atoms with Gasteiger partial charge >= 0.3 is 6.18 Å². The molecule has 0 atom stereocenters. The van der Waals surface area contributed by atoms with Crippen molar-refractivity contribution in [3.05, 3.63) is 29.7 Å². The molecule has 0 aliphatic heterocycles. The summed E-state index contributed by atoms with van der Waals surface area (Å²) < 4.78 is 38.6. The smallest absolute Gasteiger partial charge is 0.294 e. The number of hydrogen-bond acceptors (Lipinski definition) is 3. The van der Waals surface area contributed by atoms with E-state index in [0.717, 1.165) is 23.0 Å². The van der Waals surface area contributed by atoms with Crippen LogP contribution in [0.1, 0.15) is 22.8 Å². The molecule has 0 spiro atoms. The summed E-state index contributed by atoms with van der Waals surface area (Å²) >= 11 is 0. The Kier molecular flexibility index (Phi) is 2.18. The zero-order chi connectivity index (χ0) is 11.9. The van der Waals surface area contributed by atoms with Gasteiger partial charge in [-0.2, -0.15) is 13.2 Å². The summed E-state index contributed by atoms with van der Waals surface area (Å²) in [6.45, 7) is 1.18. The van der Waals surface area contributed by atoms with Crippen molar-refractivity contribution in [1.82, 2.24) is 14.6 Å². The minimum absolute atomic E-state index is 0.0904. The first-order valence-corrected chi connectivity index (χ1v) is 4.31. The molecule has 0 aliphatic carbocycles. The molecule has 0 saturated carbocycles. The molecule has 0 saturated heterocycles. The first-order valence-electron chi connectivity index (χ1n) is 4.31. The summed E-state index contributed by atoms with van der Waals surface area (Å²) in [7, 11) is 0. The molecule has 84 valence electrons. The third-order valence-electron chi connectivity index (χ3n) is 2.10. The molecule has 0 amide bonds. The van der Waals surface area contributed by atoms with Gasteiger partial charge in [-0.1, -0.05) is 0 Å². The van der Waals surface area contributed by atoms with E-state index in [1.165, 1.54) is 6.92 Å². The maximum Gasteiger partial charge on any atom is 0.417 e. The van der Waals surface area contributed by atoms with Crippen LogP contribution in [0.25, 0.3) is 5.65 Å². The molecule has 0 radical (unpaired) electrons. The second-order valence-electron chi connectivity index (χ2n) is 3.26. The van der Waals surface area contributed by atoms with Crippen LogP contribution < -0.4 is 0 Å². The standard InChI is InChI=1S/C9H6F3N3O/c1-5(16)7-2-6(9(10,11)12)3-15-4-13-14-8(7)15/h2-4H,1H3. The molecular weight excluding hydrogens is 223 g/mol. The number of Topliss-reactive ketones (excluding diaryl/α,β-unsaturated/α-hetero) is 1. The highest BCUT2D eigenvalue weighted by Gasteiger charge is 2.32. The Morgan fingerprint density at radius 3 is 2.69 bits per heavy atom. The highest BCUT2D eigenvalue weighted by molar-refractivity contribution is 5.99. The van der Waals surface area contributed by atoms with Crippen molar-refractivity contribution >= 4 is 11.4 Å². The molecule has 2 aromatic rings. The van der Waals surface area contributed by atoms with Crippen molar-refractivity contribution in [3.63, 3.8) is 0 Å². The normalized spacial score (nSPS) is 12.0. The van der Waals surface area contributed by atoms with Gasteiger partial charge in [-0.25, -0.2) is 0 Å². The van der Waals surface area contributed by atoms with Crippen LogP contribution in [0, 0.1) is 0 Å². The minimum Gasteiger partial charge on any atom is -0.294 e. The molecule has 2 aromatic heterocycles. The second kappa shape index (κ2) is 3.29. The molecule has 0 N–H and O–H groups in total. The van der Waals surface area contributed by atoms with Gasteiger partial charge in [0, 0.05) is 6.20 Å². The lowest BCUT2D eigenvalue weighted by Gasteiger charge is -2.08.